The van der Waals surface area contributed by atoms with Gasteiger partial charge in [0, 0.05) is 31.4 Å². The second-order valence-electron chi connectivity index (χ2n) is 6.37. The number of aryl methyl sites for hydroxylation is 1. The molecular formula is C17H29N3. The number of rotatable bonds is 5. The largest absolute Gasteiger partial charge is 0.356 e. The standard InChI is InChI=1S/C17H29N3/c1-5-15-7-6-8-20(12-15)17-10-16(9-14(4)19-17)11-18-13(2)3/h9-10,13,15,18H,5-8,11-12H2,1-4H3. The third-order valence-corrected chi connectivity index (χ3v) is 4.13. The van der Waals surface area contributed by atoms with Gasteiger partial charge in [-0.3, -0.25) is 0 Å². The first kappa shape index (κ1) is 15.3. The average molecular weight is 275 g/mol. The van der Waals surface area contributed by atoms with Gasteiger partial charge in [-0.15, -0.1) is 0 Å². The highest BCUT2D eigenvalue weighted by Crippen LogP contribution is 2.24. The highest BCUT2D eigenvalue weighted by molar-refractivity contribution is 5.43. The van der Waals surface area contributed by atoms with Gasteiger partial charge in [0.2, 0.25) is 0 Å². The number of hydrogen-bond donors (Lipinski definition) is 1. The maximum Gasteiger partial charge on any atom is 0.129 e. The fourth-order valence-corrected chi connectivity index (χ4v) is 2.91. The van der Waals surface area contributed by atoms with Crippen LogP contribution in [0.4, 0.5) is 5.82 Å². The summed E-state index contributed by atoms with van der Waals surface area (Å²) in [7, 11) is 0. The predicted octanol–water partition coefficient (Wildman–Crippen LogP) is 3.51. The molecule has 0 radical (unpaired) electrons. The average Bonchev–Trinajstić information content (AvgIpc) is 2.44. The number of hydrogen-bond acceptors (Lipinski definition) is 3. The Balaban J connectivity index is 2.10. The molecule has 0 amide bonds. The summed E-state index contributed by atoms with van der Waals surface area (Å²) in [6.07, 6.45) is 3.96. The first-order chi connectivity index (χ1) is 9.58. The van der Waals surface area contributed by atoms with E-state index in [0.717, 1.165) is 24.7 Å². The third kappa shape index (κ3) is 4.20. The second-order valence-corrected chi connectivity index (χ2v) is 6.37. The zero-order chi connectivity index (χ0) is 14.5. The van der Waals surface area contributed by atoms with Gasteiger partial charge in [-0.25, -0.2) is 4.98 Å². The monoisotopic (exact) mass is 275 g/mol. The number of nitrogens with zero attached hydrogens (tertiary/aromatic N) is 2. The van der Waals surface area contributed by atoms with E-state index in [1.807, 2.05) is 0 Å². The van der Waals surface area contributed by atoms with Crippen molar-refractivity contribution < 1.29 is 0 Å². The van der Waals surface area contributed by atoms with Crippen LogP contribution in [-0.4, -0.2) is 24.1 Å². The van der Waals surface area contributed by atoms with Crippen LogP contribution in [0, 0.1) is 12.8 Å². The van der Waals surface area contributed by atoms with Crippen LogP contribution < -0.4 is 10.2 Å². The van der Waals surface area contributed by atoms with Crippen molar-refractivity contribution in [2.75, 3.05) is 18.0 Å². The summed E-state index contributed by atoms with van der Waals surface area (Å²) in [4.78, 5) is 7.23. The first-order valence-corrected chi connectivity index (χ1v) is 8.04. The molecule has 20 heavy (non-hydrogen) atoms. The lowest BCUT2D eigenvalue weighted by Crippen LogP contribution is -2.36. The summed E-state index contributed by atoms with van der Waals surface area (Å²) in [6, 6.07) is 4.98. The lowest BCUT2D eigenvalue weighted by atomic mass is 9.95. The molecule has 0 spiro atoms. The van der Waals surface area contributed by atoms with Gasteiger partial charge in [-0.1, -0.05) is 27.2 Å². The Hall–Kier alpha value is -1.09. The maximum atomic E-state index is 4.75. The minimum Gasteiger partial charge on any atom is -0.356 e. The van der Waals surface area contributed by atoms with Crippen molar-refractivity contribution in [3.8, 4) is 0 Å². The molecule has 2 heterocycles. The van der Waals surface area contributed by atoms with Crippen LogP contribution >= 0.6 is 0 Å². The molecule has 2 rings (SSSR count). The van der Waals surface area contributed by atoms with Gasteiger partial charge >= 0.3 is 0 Å². The van der Waals surface area contributed by atoms with Crippen molar-refractivity contribution in [1.29, 1.82) is 0 Å². The van der Waals surface area contributed by atoms with Crippen LogP contribution in [0.25, 0.3) is 0 Å². The summed E-state index contributed by atoms with van der Waals surface area (Å²) in [6.45, 7) is 12.0. The predicted molar refractivity (Wildman–Crippen MR) is 86.2 cm³/mol. The Bertz CT molecular complexity index is 428. The van der Waals surface area contributed by atoms with Gasteiger partial charge < -0.3 is 10.2 Å². The van der Waals surface area contributed by atoms with E-state index in [-0.39, 0.29) is 0 Å². The van der Waals surface area contributed by atoms with E-state index < -0.39 is 0 Å². The van der Waals surface area contributed by atoms with E-state index in [9.17, 15) is 0 Å². The van der Waals surface area contributed by atoms with Gasteiger partial charge in [0.1, 0.15) is 5.82 Å². The molecule has 3 heteroatoms. The van der Waals surface area contributed by atoms with Crippen molar-refractivity contribution in [1.82, 2.24) is 10.3 Å². The van der Waals surface area contributed by atoms with Gasteiger partial charge in [-0.05, 0) is 43.4 Å². The van der Waals surface area contributed by atoms with Gasteiger partial charge in [-0.2, -0.15) is 0 Å². The summed E-state index contributed by atoms with van der Waals surface area (Å²) in [5.41, 5.74) is 2.47. The molecular weight excluding hydrogens is 246 g/mol. The molecule has 112 valence electrons. The van der Waals surface area contributed by atoms with Crippen LogP contribution in [0.3, 0.4) is 0 Å². The van der Waals surface area contributed by atoms with Crippen LogP contribution in [0.5, 0.6) is 0 Å². The molecule has 1 N–H and O–H groups in total. The molecule has 0 saturated carbocycles. The molecule has 1 fully saturated rings. The lowest BCUT2D eigenvalue weighted by Gasteiger charge is -2.33. The van der Waals surface area contributed by atoms with E-state index in [1.165, 1.54) is 37.2 Å². The molecule has 0 bridgehead atoms. The van der Waals surface area contributed by atoms with Crippen LogP contribution in [-0.2, 0) is 6.54 Å². The molecule has 1 aliphatic rings. The summed E-state index contributed by atoms with van der Waals surface area (Å²) in [5, 5.41) is 3.49. The van der Waals surface area contributed by atoms with Gasteiger partial charge in [0.05, 0.1) is 0 Å². The van der Waals surface area contributed by atoms with E-state index in [4.69, 9.17) is 4.98 Å². The van der Waals surface area contributed by atoms with E-state index in [1.54, 1.807) is 0 Å². The molecule has 1 aliphatic heterocycles. The molecule has 0 aliphatic carbocycles. The van der Waals surface area contributed by atoms with Crippen molar-refractivity contribution in [2.45, 2.75) is 59.5 Å². The highest BCUT2D eigenvalue weighted by atomic mass is 15.2. The van der Waals surface area contributed by atoms with Gasteiger partial charge in [0.15, 0.2) is 0 Å². The Morgan fingerprint density at radius 3 is 2.90 bits per heavy atom. The summed E-state index contributed by atoms with van der Waals surface area (Å²) in [5.74, 6) is 2.01. The first-order valence-electron chi connectivity index (χ1n) is 8.04. The Labute approximate surface area is 123 Å². The SMILES string of the molecule is CCC1CCCN(c2cc(CNC(C)C)cc(C)n2)C1. The normalized spacial score (nSPS) is 19.6. The lowest BCUT2D eigenvalue weighted by molar-refractivity contribution is 0.403. The topological polar surface area (TPSA) is 28.2 Å². The van der Waals surface area contributed by atoms with E-state index >= 15 is 0 Å². The minimum absolute atomic E-state index is 0.520. The smallest absolute Gasteiger partial charge is 0.129 e. The number of pyridine rings is 1. The zero-order valence-electron chi connectivity index (χ0n) is 13.4. The number of piperidine rings is 1. The van der Waals surface area contributed by atoms with Crippen molar-refractivity contribution in [2.24, 2.45) is 5.92 Å². The number of anilines is 1. The number of aromatic nitrogens is 1. The molecule has 1 aromatic rings. The molecule has 1 saturated heterocycles. The Morgan fingerprint density at radius 2 is 2.20 bits per heavy atom. The van der Waals surface area contributed by atoms with Crippen LogP contribution in [0.1, 0.15) is 51.3 Å². The Morgan fingerprint density at radius 1 is 1.40 bits per heavy atom. The van der Waals surface area contributed by atoms with E-state index in [0.29, 0.717) is 6.04 Å². The van der Waals surface area contributed by atoms with E-state index in [2.05, 4.69) is 50.0 Å². The van der Waals surface area contributed by atoms with Crippen molar-refractivity contribution in [3.63, 3.8) is 0 Å². The fourth-order valence-electron chi connectivity index (χ4n) is 2.91. The van der Waals surface area contributed by atoms with Gasteiger partial charge in [0.25, 0.3) is 0 Å². The molecule has 0 aromatic carbocycles. The number of nitrogens with one attached hydrogen (secondary N) is 1. The molecule has 1 atom stereocenters. The zero-order valence-corrected chi connectivity index (χ0v) is 13.4. The van der Waals surface area contributed by atoms with Crippen LogP contribution in [0.2, 0.25) is 0 Å². The molecule has 1 unspecified atom stereocenters. The highest BCUT2D eigenvalue weighted by Gasteiger charge is 2.19. The summed E-state index contributed by atoms with van der Waals surface area (Å²) >= 11 is 0. The Kier molecular flexibility index (Phi) is 5.41. The minimum atomic E-state index is 0.520. The molecule has 3 nitrogen and oxygen atoms in total. The second kappa shape index (κ2) is 7.07. The fraction of sp³-hybridized carbons (Fsp3) is 0.706. The van der Waals surface area contributed by atoms with Crippen LogP contribution in [0.15, 0.2) is 12.1 Å². The quantitative estimate of drug-likeness (QED) is 0.891. The van der Waals surface area contributed by atoms with Crippen molar-refractivity contribution >= 4 is 5.82 Å². The molecule has 1 aromatic heterocycles. The van der Waals surface area contributed by atoms with Crippen molar-refractivity contribution in [3.05, 3.63) is 23.4 Å². The maximum absolute atomic E-state index is 4.75. The summed E-state index contributed by atoms with van der Waals surface area (Å²) < 4.78 is 0. The third-order valence-electron chi connectivity index (χ3n) is 4.13.